The maximum atomic E-state index is 12.6. The summed E-state index contributed by atoms with van der Waals surface area (Å²) in [5, 5.41) is 11.6. The van der Waals surface area contributed by atoms with Gasteiger partial charge in [-0.1, -0.05) is 12.1 Å². The van der Waals surface area contributed by atoms with Gasteiger partial charge in [0, 0.05) is 12.1 Å². The summed E-state index contributed by atoms with van der Waals surface area (Å²) in [5.41, 5.74) is -6.24. The summed E-state index contributed by atoms with van der Waals surface area (Å²) in [7, 11) is -5.42. The first-order valence-electron chi connectivity index (χ1n) is 5.81. The van der Waals surface area contributed by atoms with Crippen molar-refractivity contribution in [3.8, 4) is 0 Å². The van der Waals surface area contributed by atoms with Gasteiger partial charge in [-0.15, -0.1) is 0 Å². The highest BCUT2D eigenvalue weighted by Crippen LogP contribution is 2.35. The van der Waals surface area contributed by atoms with Gasteiger partial charge in [0.05, 0.1) is 10.6 Å². The van der Waals surface area contributed by atoms with E-state index in [0.29, 0.717) is 0 Å². The largest absolute Gasteiger partial charge is 0.501 e. The van der Waals surface area contributed by atoms with Crippen LogP contribution in [0.4, 0.5) is 18.9 Å². The molecule has 0 heterocycles. The lowest BCUT2D eigenvalue weighted by Gasteiger charge is -2.28. The number of anilines is 1. The van der Waals surface area contributed by atoms with E-state index < -0.39 is 25.8 Å². The number of nitrogens with one attached hydrogen (secondary N) is 1. The van der Waals surface area contributed by atoms with Crippen molar-refractivity contribution in [2.75, 3.05) is 11.9 Å². The Kier molecular flexibility index (Phi) is 4.70. The fraction of sp³-hybridized carbons (Fsp3) is 0.500. The van der Waals surface area contributed by atoms with Gasteiger partial charge in [-0.3, -0.25) is 0 Å². The molecule has 2 N–H and O–H groups in total. The fourth-order valence-corrected chi connectivity index (χ4v) is 2.55. The average Bonchev–Trinajstić information content (AvgIpc) is 2.27. The van der Waals surface area contributed by atoms with Crippen LogP contribution in [0, 0.1) is 0 Å². The van der Waals surface area contributed by atoms with E-state index in [1.807, 2.05) is 0 Å². The molecule has 1 aromatic rings. The van der Waals surface area contributed by atoms with E-state index in [9.17, 15) is 21.6 Å². The smallest absolute Gasteiger partial charge is 0.396 e. The number of benzene rings is 1. The first-order valence-corrected chi connectivity index (χ1v) is 7.29. The third-order valence-corrected chi connectivity index (χ3v) is 4.24. The summed E-state index contributed by atoms with van der Waals surface area (Å²) in [5.74, 6) is 0. The first-order chi connectivity index (χ1) is 9.01. The Morgan fingerprint density at radius 3 is 2.25 bits per heavy atom. The molecule has 114 valence electrons. The minimum absolute atomic E-state index is 0.136. The lowest BCUT2D eigenvalue weighted by Crippen LogP contribution is -2.33. The summed E-state index contributed by atoms with van der Waals surface area (Å²) in [6, 6.07) is 4.83. The molecule has 0 atom stereocenters. The van der Waals surface area contributed by atoms with Crippen molar-refractivity contribution in [1.82, 2.24) is 0 Å². The van der Waals surface area contributed by atoms with Gasteiger partial charge in [-0.05, 0) is 32.4 Å². The van der Waals surface area contributed by atoms with E-state index in [4.69, 9.17) is 5.11 Å². The summed E-state index contributed by atoms with van der Waals surface area (Å²) < 4.78 is 60.9. The molecule has 0 spiro atoms. The molecule has 0 fully saturated rings. The molecule has 0 aliphatic carbocycles. The first kappa shape index (κ1) is 16.8. The number of hydrogen-bond donors (Lipinski definition) is 2. The lowest BCUT2D eigenvalue weighted by molar-refractivity contribution is -0.0435. The molecule has 0 unspecified atom stereocenters. The number of para-hydroxylation sites is 1. The summed E-state index contributed by atoms with van der Waals surface area (Å²) >= 11 is 0. The predicted molar refractivity (Wildman–Crippen MR) is 69.1 cm³/mol. The maximum Gasteiger partial charge on any atom is 0.501 e. The van der Waals surface area contributed by atoms with Crippen molar-refractivity contribution in [1.29, 1.82) is 0 Å². The second-order valence-corrected chi connectivity index (χ2v) is 6.84. The predicted octanol–water partition coefficient (Wildman–Crippen LogP) is 2.55. The van der Waals surface area contributed by atoms with Gasteiger partial charge in [0.25, 0.3) is 9.84 Å². The maximum absolute atomic E-state index is 12.6. The average molecular weight is 311 g/mol. The highest BCUT2D eigenvalue weighted by atomic mass is 32.2. The van der Waals surface area contributed by atoms with E-state index in [1.165, 1.54) is 18.2 Å². The minimum atomic E-state index is -5.42. The Bertz CT molecular complexity index is 568. The van der Waals surface area contributed by atoms with Crippen LogP contribution in [-0.2, 0) is 9.84 Å². The van der Waals surface area contributed by atoms with E-state index in [2.05, 4.69) is 5.32 Å². The molecular weight excluding hydrogens is 295 g/mol. The molecule has 1 aromatic carbocycles. The van der Waals surface area contributed by atoms with Crippen molar-refractivity contribution in [3.05, 3.63) is 24.3 Å². The second-order valence-electron chi connectivity index (χ2n) is 4.93. The van der Waals surface area contributed by atoms with Gasteiger partial charge in [0.2, 0.25) is 0 Å². The molecule has 0 saturated heterocycles. The van der Waals surface area contributed by atoms with Crippen molar-refractivity contribution in [2.24, 2.45) is 0 Å². The van der Waals surface area contributed by atoms with Gasteiger partial charge in [0.1, 0.15) is 0 Å². The van der Waals surface area contributed by atoms with Crippen molar-refractivity contribution in [3.63, 3.8) is 0 Å². The van der Waals surface area contributed by atoms with Crippen LogP contribution in [0.3, 0.4) is 0 Å². The summed E-state index contributed by atoms with van der Waals surface area (Å²) in [4.78, 5) is -0.821. The number of sulfone groups is 1. The van der Waals surface area contributed by atoms with E-state index >= 15 is 0 Å². The third-order valence-electron chi connectivity index (χ3n) is 2.69. The van der Waals surface area contributed by atoms with Crippen molar-refractivity contribution >= 4 is 15.5 Å². The Morgan fingerprint density at radius 2 is 1.75 bits per heavy atom. The number of aliphatic hydroxyl groups excluding tert-OH is 1. The lowest BCUT2D eigenvalue weighted by atomic mass is 10.0. The molecule has 20 heavy (non-hydrogen) atoms. The van der Waals surface area contributed by atoms with E-state index in [-0.39, 0.29) is 18.7 Å². The molecule has 0 saturated carbocycles. The Hall–Kier alpha value is -1.28. The molecule has 0 bridgehead atoms. The van der Waals surface area contributed by atoms with Crippen LogP contribution < -0.4 is 5.32 Å². The van der Waals surface area contributed by atoms with Gasteiger partial charge in [-0.2, -0.15) is 13.2 Å². The van der Waals surface area contributed by atoms with Crippen molar-refractivity contribution in [2.45, 2.75) is 36.2 Å². The zero-order chi connectivity index (χ0) is 15.6. The molecule has 4 nitrogen and oxygen atoms in total. The number of aliphatic hydroxyl groups is 1. The van der Waals surface area contributed by atoms with Crippen LogP contribution in [0.25, 0.3) is 0 Å². The Labute approximate surface area is 115 Å². The normalized spacial score (nSPS) is 13.3. The van der Waals surface area contributed by atoms with Crippen LogP contribution in [0.2, 0.25) is 0 Å². The van der Waals surface area contributed by atoms with Gasteiger partial charge in [0.15, 0.2) is 0 Å². The van der Waals surface area contributed by atoms with Gasteiger partial charge < -0.3 is 10.4 Å². The van der Waals surface area contributed by atoms with Gasteiger partial charge in [-0.25, -0.2) is 8.42 Å². The van der Waals surface area contributed by atoms with E-state index in [0.717, 1.165) is 6.07 Å². The molecule has 0 aromatic heterocycles. The number of hydrogen-bond acceptors (Lipinski definition) is 4. The Balaban J connectivity index is 3.26. The highest BCUT2D eigenvalue weighted by Gasteiger charge is 2.48. The molecule has 8 heteroatoms. The molecular formula is C12H16F3NO3S. The fourth-order valence-electron chi connectivity index (χ4n) is 1.64. The number of halogens is 3. The third kappa shape index (κ3) is 3.63. The zero-order valence-electron chi connectivity index (χ0n) is 11.0. The number of alkyl halides is 3. The second kappa shape index (κ2) is 5.61. The monoisotopic (exact) mass is 311 g/mol. The molecule has 1 rings (SSSR count). The minimum Gasteiger partial charge on any atom is -0.396 e. The molecule has 0 aliphatic heterocycles. The standard InChI is InChI=1S/C12H16F3NO3S/c1-11(2,7-8-17)16-9-5-3-4-6-10(9)20(18,19)12(13,14)15/h3-6,16-17H,7-8H2,1-2H3. The quantitative estimate of drug-likeness (QED) is 0.877. The van der Waals surface area contributed by atoms with Crippen LogP contribution in [0.5, 0.6) is 0 Å². The van der Waals surface area contributed by atoms with Crippen molar-refractivity contribution < 1.29 is 26.7 Å². The zero-order valence-corrected chi connectivity index (χ0v) is 11.8. The van der Waals surface area contributed by atoms with Crippen LogP contribution in [0.1, 0.15) is 20.3 Å². The SMILES string of the molecule is CC(C)(CCO)Nc1ccccc1S(=O)(=O)C(F)(F)F. The highest BCUT2D eigenvalue weighted by molar-refractivity contribution is 7.92. The van der Waals surface area contributed by atoms with Gasteiger partial charge >= 0.3 is 5.51 Å². The van der Waals surface area contributed by atoms with Crippen LogP contribution in [-0.4, -0.2) is 31.2 Å². The van der Waals surface area contributed by atoms with E-state index in [1.54, 1.807) is 13.8 Å². The molecule has 0 amide bonds. The van der Waals surface area contributed by atoms with Crippen LogP contribution >= 0.6 is 0 Å². The topological polar surface area (TPSA) is 66.4 Å². The molecule has 0 radical (unpaired) electrons. The summed E-state index contributed by atoms with van der Waals surface area (Å²) in [6.07, 6.45) is 0.257. The van der Waals surface area contributed by atoms with Crippen LogP contribution in [0.15, 0.2) is 29.2 Å². The Morgan fingerprint density at radius 1 is 1.20 bits per heavy atom. The molecule has 0 aliphatic rings. The number of rotatable bonds is 5. The summed E-state index contributed by atoms with van der Waals surface area (Å²) in [6.45, 7) is 3.13.